The number of nitrogens with one attached hydrogen (secondary N) is 1. The summed E-state index contributed by atoms with van der Waals surface area (Å²) in [5.41, 5.74) is 4.48. The molecule has 0 spiro atoms. The topological polar surface area (TPSA) is 54.5 Å². The number of hydrogen-bond acceptors (Lipinski definition) is 4. The second kappa shape index (κ2) is 7.64. The number of benzene rings is 2. The first-order chi connectivity index (χ1) is 13.6. The van der Waals surface area contributed by atoms with Crippen molar-refractivity contribution in [3.8, 4) is 5.75 Å². The number of rotatable bonds is 5. The first-order valence-electron chi connectivity index (χ1n) is 8.98. The van der Waals surface area contributed by atoms with Crippen LogP contribution < -0.4 is 10.1 Å². The van der Waals surface area contributed by atoms with Gasteiger partial charge in [0.05, 0.1) is 18.4 Å². The molecule has 0 aliphatic carbocycles. The fraction of sp³-hybridized carbons (Fsp3) is 0.182. The lowest BCUT2D eigenvalue weighted by atomic mass is 10.2. The van der Waals surface area contributed by atoms with Crippen molar-refractivity contribution in [3.63, 3.8) is 0 Å². The Morgan fingerprint density at radius 1 is 1.18 bits per heavy atom. The third-order valence-corrected chi connectivity index (χ3v) is 5.76. The standard InChI is InChI=1S/C22H20BrN3O2/c1-14-12-16(7-10-19(14)23)25-21-20-18(4-3-11-24-20)22(27)26(21)13-15-5-8-17(28-2)9-6-15/h3-12,21,25H,13H2,1-2H3/t21-/m0/s1. The molecule has 0 unspecified atom stereocenters. The average Bonchev–Trinajstić information content (AvgIpc) is 2.97. The summed E-state index contributed by atoms with van der Waals surface area (Å²) in [4.78, 5) is 19.4. The molecule has 0 saturated heterocycles. The van der Waals surface area contributed by atoms with Gasteiger partial charge in [0.2, 0.25) is 0 Å². The molecule has 142 valence electrons. The number of fused-ring (bicyclic) bond motifs is 1. The maximum absolute atomic E-state index is 13.1. The highest BCUT2D eigenvalue weighted by atomic mass is 79.9. The highest BCUT2D eigenvalue weighted by molar-refractivity contribution is 9.10. The van der Waals surface area contributed by atoms with Gasteiger partial charge in [0.25, 0.3) is 5.91 Å². The summed E-state index contributed by atoms with van der Waals surface area (Å²) in [5.74, 6) is 0.770. The minimum absolute atomic E-state index is 0.0229. The van der Waals surface area contributed by atoms with E-state index in [1.807, 2.05) is 54.3 Å². The molecule has 2 aromatic carbocycles. The van der Waals surface area contributed by atoms with Gasteiger partial charge in [0.1, 0.15) is 11.9 Å². The number of pyridine rings is 1. The summed E-state index contributed by atoms with van der Waals surface area (Å²) >= 11 is 3.53. The number of hydrogen-bond donors (Lipinski definition) is 1. The van der Waals surface area contributed by atoms with Crippen LogP contribution in [0.25, 0.3) is 0 Å². The summed E-state index contributed by atoms with van der Waals surface area (Å²) in [5, 5.41) is 3.49. The molecule has 1 aliphatic rings. The Labute approximate surface area is 172 Å². The van der Waals surface area contributed by atoms with E-state index in [0.29, 0.717) is 12.1 Å². The van der Waals surface area contributed by atoms with E-state index in [9.17, 15) is 4.79 Å². The Hall–Kier alpha value is -2.86. The number of amides is 1. The lowest BCUT2D eigenvalue weighted by molar-refractivity contribution is 0.0728. The van der Waals surface area contributed by atoms with Crippen LogP contribution in [0.5, 0.6) is 5.75 Å². The fourth-order valence-corrected chi connectivity index (χ4v) is 3.61. The van der Waals surface area contributed by atoms with E-state index in [1.165, 1.54) is 0 Å². The highest BCUT2D eigenvalue weighted by Gasteiger charge is 2.37. The molecular weight excluding hydrogens is 418 g/mol. The summed E-state index contributed by atoms with van der Waals surface area (Å²) in [6.07, 6.45) is 1.40. The Kier molecular flexibility index (Phi) is 5.05. The third-order valence-electron chi connectivity index (χ3n) is 4.87. The summed E-state index contributed by atoms with van der Waals surface area (Å²) < 4.78 is 6.28. The van der Waals surface area contributed by atoms with Gasteiger partial charge >= 0.3 is 0 Å². The van der Waals surface area contributed by atoms with Crippen molar-refractivity contribution >= 4 is 27.5 Å². The Bertz CT molecular complexity index is 1020. The van der Waals surface area contributed by atoms with Crippen LogP contribution in [0.4, 0.5) is 5.69 Å². The first-order valence-corrected chi connectivity index (χ1v) is 9.77. The second-order valence-corrected chi connectivity index (χ2v) is 7.58. The van der Waals surface area contributed by atoms with Crippen molar-refractivity contribution in [2.75, 3.05) is 12.4 Å². The first kappa shape index (κ1) is 18.5. The smallest absolute Gasteiger partial charge is 0.258 e. The molecule has 1 aromatic heterocycles. The van der Waals surface area contributed by atoms with Gasteiger partial charge in [-0.1, -0.05) is 28.1 Å². The lowest BCUT2D eigenvalue weighted by Gasteiger charge is -2.27. The van der Waals surface area contributed by atoms with E-state index in [0.717, 1.165) is 32.7 Å². The molecule has 2 heterocycles. The van der Waals surface area contributed by atoms with Crippen molar-refractivity contribution in [3.05, 3.63) is 87.7 Å². The van der Waals surface area contributed by atoms with E-state index in [4.69, 9.17) is 4.74 Å². The normalized spacial score (nSPS) is 15.5. The van der Waals surface area contributed by atoms with Crippen molar-refractivity contribution in [2.24, 2.45) is 0 Å². The fourth-order valence-electron chi connectivity index (χ4n) is 3.37. The highest BCUT2D eigenvalue weighted by Crippen LogP contribution is 2.35. The second-order valence-electron chi connectivity index (χ2n) is 6.73. The number of carbonyl (C=O) groups excluding carboxylic acids is 1. The predicted molar refractivity (Wildman–Crippen MR) is 112 cm³/mol. The van der Waals surface area contributed by atoms with Crippen LogP contribution in [-0.4, -0.2) is 22.9 Å². The number of aromatic nitrogens is 1. The van der Waals surface area contributed by atoms with Crippen LogP contribution >= 0.6 is 15.9 Å². The van der Waals surface area contributed by atoms with Gasteiger partial charge in [0, 0.05) is 22.9 Å². The number of carbonyl (C=O) groups is 1. The number of aryl methyl sites for hydroxylation is 1. The molecule has 4 rings (SSSR count). The molecule has 6 heteroatoms. The van der Waals surface area contributed by atoms with Crippen molar-refractivity contribution in [2.45, 2.75) is 19.6 Å². The van der Waals surface area contributed by atoms with E-state index < -0.39 is 0 Å². The average molecular weight is 438 g/mol. The van der Waals surface area contributed by atoms with Crippen LogP contribution in [0, 0.1) is 6.92 Å². The van der Waals surface area contributed by atoms with E-state index >= 15 is 0 Å². The molecule has 28 heavy (non-hydrogen) atoms. The largest absolute Gasteiger partial charge is 0.497 e. The monoisotopic (exact) mass is 437 g/mol. The summed E-state index contributed by atoms with van der Waals surface area (Å²) in [6.45, 7) is 2.52. The van der Waals surface area contributed by atoms with Crippen molar-refractivity contribution in [1.82, 2.24) is 9.88 Å². The maximum Gasteiger partial charge on any atom is 0.258 e. The molecular formula is C22H20BrN3O2. The van der Waals surface area contributed by atoms with Crippen LogP contribution in [0.15, 0.2) is 65.3 Å². The quantitative estimate of drug-likeness (QED) is 0.614. The molecule has 1 aliphatic heterocycles. The SMILES string of the molecule is COc1ccc(CN2C(=O)c3cccnc3[C@H]2Nc2ccc(Br)c(C)c2)cc1. The summed E-state index contributed by atoms with van der Waals surface area (Å²) in [7, 11) is 1.64. The molecule has 3 aromatic rings. The van der Waals surface area contributed by atoms with Gasteiger partial charge in [-0.3, -0.25) is 9.78 Å². The number of methoxy groups -OCH3 is 1. The molecule has 1 amide bonds. The molecule has 0 bridgehead atoms. The van der Waals surface area contributed by atoms with E-state index in [2.05, 4.69) is 32.3 Å². The number of halogens is 1. The zero-order valence-electron chi connectivity index (χ0n) is 15.6. The van der Waals surface area contributed by atoms with Crippen LogP contribution in [0.1, 0.15) is 33.3 Å². The number of nitrogens with zero attached hydrogens (tertiary/aromatic N) is 2. The van der Waals surface area contributed by atoms with Gasteiger partial charge in [-0.15, -0.1) is 0 Å². The minimum atomic E-state index is -0.327. The molecule has 0 radical (unpaired) electrons. The summed E-state index contributed by atoms with van der Waals surface area (Å²) in [6, 6.07) is 17.4. The van der Waals surface area contributed by atoms with Gasteiger partial charge in [0.15, 0.2) is 0 Å². The molecule has 0 fully saturated rings. The van der Waals surface area contributed by atoms with E-state index in [-0.39, 0.29) is 12.1 Å². The Morgan fingerprint density at radius 3 is 2.68 bits per heavy atom. The predicted octanol–water partition coefficient (Wildman–Crippen LogP) is 4.93. The Balaban J connectivity index is 1.66. The lowest BCUT2D eigenvalue weighted by Crippen LogP contribution is -2.32. The van der Waals surface area contributed by atoms with Gasteiger partial charge in [-0.25, -0.2) is 0 Å². The van der Waals surface area contributed by atoms with Crippen LogP contribution in [0.3, 0.4) is 0 Å². The molecule has 1 N–H and O–H groups in total. The van der Waals surface area contributed by atoms with Gasteiger partial charge < -0.3 is 15.0 Å². The van der Waals surface area contributed by atoms with E-state index in [1.54, 1.807) is 19.4 Å². The maximum atomic E-state index is 13.1. The Morgan fingerprint density at radius 2 is 1.96 bits per heavy atom. The molecule has 1 atom stereocenters. The van der Waals surface area contributed by atoms with Crippen molar-refractivity contribution in [1.29, 1.82) is 0 Å². The minimum Gasteiger partial charge on any atom is -0.497 e. The molecule has 0 saturated carbocycles. The molecule has 5 nitrogen and oxygen atoms in total. The zero-order chi connectivity index (χ0) is 19.7. The third kappa shape index (κ3) is 3.47. The zero-order valence-corrected chi connectivity index (χ0v) is 17.2. The number of anilines is 1. The number of ether oxygens (including phenoxy) is 1. The van der Waals surface area contributed by atoms with Crippen LogP contribution in [-0.2, 0) is 6.54 Å². The van der Waals surface area contributed by atoms with Gasteiger partial charge in [-0.05, 0) is 60.5 Å². The van der Waals surface area contributed by atoms with Crippen LogP contribution in [0.2, 0.25) is 0 Å². The van der Waals surface area contributed by atoms with Gasteiger partial charge in [-0.2, -0.15) is 0 Å². The van der Waals surface area contributed by atoms with Crippen molar-refractivity contribution < 1.29 is 9.53 Å².